The molecule has 28 heavy (non-hydrogen) atoms. The van der Waals surface area contributed by atoms with E-state index in [1.54, 1.807) is 0 Å². The first-order valence-electron chi connectivity index (χ1n) is 7.98. The highest BCUT2D eigenvalue weighted by atomic mass is 19.4. The Morgan fingerprint density at radius 1 is 1.14 bits per heavy atom. The van der Waals surface area contributed by atoms with Crippen molar-refractivity contribution in [2.75, 3.05) is 5.32 Å². The van der Waals surface area contributed by atoms with Crippen molar-refractivity contribution in [2.45, 2.75) is 12.6 Å². The number of halogens is 4. The number of benzene rings is 2. The predicted octanol–water partition coefficient (Wildman–Crippen LogP) is 4.08. The molecule has 9 heteroatoms. The van der Waals surface area contributed by atoms with Gasteiger partial charge in [-0.15, -0.1) is 0 Å². The Labute approximate surface area is 156 Å². The van der Waals surface area contributed by atoms with Crippen LogP contribution in [0.1, 0.15) is 16.8 Å². The molecule has 0 saturated heterocycles. The van der Waals surface area contributed by atoms with E-state index in [4.69, 9.17) is 5.26 Å². The van der Waals surface area contributed by atoms with E-state index in [1.807, 2.05) is 0 Å². The van der Waals surface area contributed by atoms with Gasteiger partial charge in [0.1, 0.15) is 5.82 Å². The van der Waals surface area contributed by atoms with E-state index in [0.717, 1.165) is 12.1 Å². The van der Waals surface area contributed by atoms with E-state index < -0.39 is 29.0 Å². The van der Waals surface area contributed by atoms with Crippen LogP contribution in [0.5, 0.6) is 0 Å². The Hall–Kier alpha value is -3.67. The van der Waals surface area contributed by atoms with Gasteiger partial charge >= 0.3 is 6.18 Å². The number of carbonyl (C=O) groups excluding carboxylic acids is 1. The van der Waals surface area contributed by atoms with Crippen LogP contribution in [0.3, 0.4) is 0 Å². The van der Waals surface area contributed by atoms with Crippen LogP contribution in [-0.2, 0) is 17.4 Å². The number of anilines is 1. The van der Waals surface area contributed by atoms with Gasteiger partial charge in [0, 0.05) is 11.9 Å². The van der Waals surface area contributed by atoms with Crippen molar-refractivity contribution in [1.82, 2.24) is 9.78 Å². The molecular weight excluding hydrogens is 376 g/mol. The smallest absolute Gasteiger partial charge is 0.326 e. The van der Waals surface area contributed by atoms with E-state index >= 15 is 0 Å². The van der Waals surface area contributed by atoms with E-state index in [-0.39, 0.29) is 12.1 Å². The van der Waals surface area contributed by atoms with Gasteiger partial charge in [-0.25, -0.2) is 9.07 Å². The molecule has 3 rings (SSSR count). The summed E-state index contributed by atoms with van der Waals surface area (Å²) < 4.78 is 53.3. The summed E-state index contributed by atoms with van der Waals surface area (Å²) >= 11 is 0. The van der Waals surface area contributed by atoms with E-state index in [1.165, 1.54) is 53.3 Å². The number of alkyl halides is 3. The maximum Gasteiger partial charge on any atom is 0.417 e. The number of nitrogens with one attached hydrogen (secondary N) is 1. The molecule has 3 aromatic rings. The number of aromatic nitrogens is 2. The van der Waals surface area contributed by atoms with Gasteiger partial charge in [0.15, 0.2) is 0 Å². The van der Waals surface area contributed by atoms with Crippen LogP contribution in [0.2, 0.25) is 0 Å². The minimum absolute atomic E-state index is 0.108. The van der Waals surface area contributed by atoms with Gasteiger partial charge < -0.3 is 5.32 Å². The van der Waals surface area contributed by atoms with Crippen LogP contribution in [-0.4, -0.2) is 15.7 Å². The van der Waals surface area contributed by atoms with Crippen molar-refractivity contribution in [1.29, 1.82) is 5.26 Å². The molecule has 0 saturated carbocycles. The van der Waals surface area contributed by atoms with E-state index in [9.17, 15) is 22.4 Å². The van der Waals surface area contributed by atoms with E-state index in [0.29, 0.717) is 11.4 Å². The zero-order chi connectivity index (χ0) is 20.3. The summed E-state index contributed by atoms with van der Waals surface area (Å²) in [6.45, 7) is 0. The molecule has 1 heterocycles. The topological polar surface area (TPSA) is 70.7 Å². The quantitative estimate of drug-likeness (QED) is 0.685. The van der Waals surface area contributed by atoms with E-state index in [2.05, 4.69) is 10.4 Å². The lowest BCUT2D eigenvalue weighted by Crippen LogP contribution is -2.15. The second-order valence-corrected chi connectivity index (χ2v) is 5.82. The fourth-order valence-corrected chi connectivity index (χ4v) is 2.51. The predicted molar refractivity (Wildman–Crippen MR) is 92.0 cm³/mol. The molecule has 0 bridgehead atoms. The van der Waals surface area contributed by atoms with Gasteiger partial charge in [0.05, 0.1) is 35.0 Å². The molecule has 0 aliphatic rings. The number of nitrogens with zero attached hydrogens (tertiary/aromatic N) is 3. The summed E-state index contributed by atoms with van der Waals surface area (Å²) in [6, 6.07) is 11.5. The molecule has 0 aliphatic carbocycles. The van der Waals surface area contributed by atoms with Gasteiger partial charge in [0.2, 0.25) is 5.91 Å². The molecule has 1 N–H and O–H groups in total. The third-order valence-corrected chi connectivity index (χ3v) is 3.81. The average Bonchev–Trinajstić information content (AvgIpc) is 3.10. The summed E-state index contributed by atoms with van der Waals surface area (Å²) in [7, 11) is 0. The molecule has 5 nitrogen and oxygen atoms in total. The normalized spacial score (nSPS) is 11.1. The standard InChI is InChI=1S/C19H12F4N4O/c20-13-2-4-14(5-3-13)25-18(28)9-15-7-8-27(26-15)16-6-1-12(11-24)17(10-16)19(21,22)23/h1-8,10H,9H2,(H,25,28). The van der Waals surface area contributed by atoms with Crippen LogP contribution in [0, 0.1) is 17.1 Å². The van der Waals surface area contributed by atoms with Crippen molar-refractivity contribution in [3.05, 3.63) is 77.4 Å². The second kappa shape index (κ2) is 7.52. The van der Waals surface area contributed by atoms with Crippen LogP contribution in [0.4, 0.5) is 23.2 Å². The SMILES string of the molecule is N#Cc1ccc(-n2ccc(CC(=O)Nc3ccc(F)cc3)n2)cc1C(F)(F)F. The first-order chi connectivity index (χ1) is 13.3. The van der Waals surface area contributed by atoms with Crippen molar-refractivity contribution in [3.8, 4) is 11.8 Å². The molecular formula is C19H12F4N4O. The number of rotatable bonds is 4. The summed E-state index contributed by atoms with van der Waals surface area (Å²) in [5, 5.41) is 15.5. The van der Waals surface area contributed by atoms with Gasteiger partial charge in [0.25, 0.3) is 0 Å². The van der Waals surface area contributed by atoms with Gasteiger partial charge in [-0.3, -0.25) is 4.79 Å². The van der Waals surface area contributed by atoms with Gasteiger partial charge in [-0.05, 0) is 48.5 Å². The van der Waals surface area contributed by atoms with Crippen LogP contribution < -0.4 is 5.32 Å². The highest BCUT2D eigenvalue weighted by Crippen LogP contribution is 2.33. The Kier molecular flexibility index (Phi) is 5.13. The first kappa shape index (κ1) is 19.1. The Bertz CT molecular complexity index is 1050. The molecule has 0 radical (unpaired) electrons. The number of carbonyl (C=O) groups is 1. The lowest BCUT2D eigenvalue weighted by atomic mass is 10.1. The van der Waals surface area contributed by atoms with Crippen molar-refractivity contribution in [3.63, 3.8) is 0 Å². The van der Waals surface area contributed by atoms with Crippen LogP contribution in [0.25, 0.3) is 5.69 Å². The number of hydrogen-bond donors (Lipinski definition) is 1. The lowest BCUT2D eigenvalue weighted by molar-refractivity contribution is -0.137. The maximum absolute atomic E-state index is 13.1. The molecule has 0 unspecified atom stereocenters. The maximum atomic E-state index is 13.1. The third kappa shape index (κ3) is 4.35. The number of nitriles is 1. The molecule has 1 aromatic heterocycles. The molecule has 142 valence electrons. The largest absolute Gasteiger partial charge is 0.417 e. The minimum atomic E-state index is -4.67. The fourth-order valence-electron chi connectivity index (χ4n) is 2.51. The monoisotopic (exact) mass is 388 g/mol. The second-order valence-electron chi connectivity index (χ2n) is 5.82. The Balaban J connectivity index is 1.76. The summed E-state index contributed by atoms with van der Waals surface area (Å²) in [5.74, 6) is -0.843. The first-order valence-corrected chi connectivity index (χ1v) is 7.98. The highest BCUT2D eigenvalue weighted by molar-refractivity contribution is 5.91. The molecule has 0 aliphatic heterocycles. The van der Waals surface area contributed by atoms with Crippen molar-refractivity contribution >= 4 is 11.6 Å². The zero-order valence-corrected chi connectivity index (χ0v) is 14.2. The molecule has 0 fully saturated rings. The summed E-state index contributed by atoms with van der Waals surface area (Å²) in [4.78, 5) is 12.0. The molecule has 0 spiro atoms. The summed E-state index contributed by atoms with van der Waals surface area (Å²) in [5.41, 5.74) is -0.692. The molecule has 0 atom stereocenters. The Morgan fingerprint density at radius 2 is 1.86 bits per heavy atom. The third-order valence-electron chi connectivity index (χ3n) is 3.81. The van der Waals surface area contributed by atoms with Crippen molar-refractivity contribution in [2.24, 2.45) is 0 Å². The fraction of sp³-hybridized carbons (Fsp3) is 0.105. The number of amides is 1. The number of hydrogen-bond acceptors (Lipinski definition) is 3. The van der Waals surface area contributed by atoms with Gasteiger partial charge in [-0.1, -0.05) is 0 Å². The van der Waals surface area contributed by atoms with Gasteiger partial charge in [-0.2, -0.15) is 23.5 Å². The molecule has 1 amide bonds. The zero-order valence-electron chi connectivity index (χ0n) is 14.2. The molecule has 2 aromatic carbocycles. The van der Waals surface area contributed by atoms with Crippen molar-refractivity contribution < 1.29 is 22.4 Å². The van der Waals surface area contributed by atoms with Crippen LogP contribution in [0.15, 0.2) is 54.7 Å². The van der Waals surface area contributed by atoms with Crippen LogP contribution >= 0.6 is 0 Å². The Morgan fingerprint density at radius 3 is 2.50 bits per heavy atom. The summed E-state index contributed by atoms with van der Waals surface area (Å²) in [6.07, 6.45) is -3.37. The highest BCUT2D eigenvalue weighted by Gasteiger charge is 2.34. The lowest BCUT2D eigenvalue weighted by Gasteiger charge is -2.10. The minimum Gasteiger partial charge on any atom is -0.326 e. The average molecular weight is 388 g/mol.